The summed E-state index contributed by atoms with van der Waals surface area (Å²) in [5.74, 6) is -2.92. The molecule has 0 unspecified atom stereocenters. The lowest BCUT2D eigenvalue weighted by Gasteiger charge is -2.03. The van der Waals surface area contributed by atoms with Crippen LogP contribution < -0.4 is 0 Å². The second-order valence-corrected chi connectivity index (χ2v) is 3.06. The number of carbonyl (C=O) groups is 1. The molecular formula is C8H5BrF2O2. The van der Waals surface area contributed by atoms with Gasteiger partial charge in [0.1, 0.15) is 11.4 Å². The van der Waals surface area contributed by atoms with Crippen LogP contribution in [0, 0.1) is 11.6 Å². The molecule has 13 heavy (non-hydrogen) atoms. The summed E-state index contributed by atoms with van der Waals surface area (Å²) < 4.78 is 30.3. The van der Waals surface area contributed by atoms with Gasteiger partial charge in [0.05, 0.1) is 11.6 Å². The van der Waals surface area contributed by atoms with Crippen LogP contribution in [0.4, 0.5) is 8.78 Å². The van der Waals surface area contributed by atoms with E-state index in [0.29, 0.717) is 0 Å². The predicted molar refractivity (Wildman–Crippen MR) is 45.4 cm³/mol. The van der Waals surface area contributed by atoms with Gasteiger partial charge in [0.2, 0.25) is 0 Å². The van der Waals surface area contributed by atoms with Gasteiger partial charge in [-0.1, -0.05) is 0 Å². The number of esters is 1. The second kappa shape index (κ2) is 3.83. The molecule has 0 aliphatic heterocycles. The third kappa shape index (κ3) is 1.85. The van der Waals surface area contributed by atoms with Crippen molar-refractivity contribution >= 4 is 21.9 Å². The Balaban J connectivity index is 3.33. The lowest BCUT2D eigenvalue weighted by Crippen LogP contribution is -2.08. The van der Waals surface area contributed by atoms with Gasteiger partial charge in [-0.2, -0.15) is 0 Å². The molecule has 0 spiro atoms. The second-order valence-electron chi connectivity index (χ2n) is 2.21. The van der Waals surface area contributed by atoms with Gasteiger partial charge in [0.15, 0.2) is 5.82 Å². The van der Waals surface area contributed by atoms with Gasteiger partial charge in [-0.3, -0.25) is 0 Å². The van der Waals surface area contributed by atoms with E-state index in [9.17, 15) is 13.6 Å². The number of rotatable bonds is 1. The largest absolute Gasteiger partial charge is 0.465 e. The first-order valence-electron chi connectivity index (χ1n) is 3.29. The van der Waals surface area contributed by atoms with Gasteiger partial charge >= 0.3 is 5.97 Å². The van der Waals surface area contributed by atoms with Gasteiger partial charge in [-0.05, 0) is 28.1 Å². The average molecular weight is 251 g/mol. The number of ether oxygens (including phenoxy) is 1. The fourth-order valence-electron chi connectivity index (χ4n) is 0.816. The highest BCUT2D eigenvalue weighted by Gasteiger charge is 2.19. The van der Waals surface area contributed by atoms with E-state index < -0.39 is 23.2 Å². The summed E-state index contributed by atoms with van der Waals surface area (Å²) in [5, 5.41) is 0. The normalized spacial score (nSPS) is 9.85. The zero-order valence-corrected chi connectivity index (χ0v) is 8.19. The lowest BCUT2D eigenvalue weighted by molar-refractivity contribution is 0.0589. The van der Waals surface area contributed by atoms with Crippen LogP contribution in [0.1, 0.15) is 10.4 Å². The van der Waals surface area contributed by atoms with E-state index in [1.54, 1.807) is 0 Å². The van der Waals surface area contributed by atoms with E-state index in [1.807, 2.05) is 0 Å². The first kappa shape index (κ1) is 10.1. The average Bonchev–Trinajstić information content (AvgIpc) is 2.12. The molecule has 1 rings (SSSR count). The van der Waals surface area contributed by atoms with Crippen LogP contribution >= 0.6 is 15.9 Å². The van der Waals surface area contributed by atoms with E-state index in [0.717, 1.165) is 13.2 Å². The molecule has 0 saturated carbocycles. The number of carbonyl (C=O) groups excluding carboxylic acids is 1. The van der Waals surface area contributed by atoms with Gasteiger partial charge in [-0.25, -0.2) is 13.6 Å². The Morgan fingerprint density at radius 2 is 2.08 bits per heavy atom. The third-order valence-electron chi connectivity index (χ3n) is 1.43. The Hall–Kier alpha value is -0.970. The molecule has 0 radical (unpaired) electrons. The zero-order chi connectivity index (χ0) is 10.0. The molecular weight excluding hydrogens is 246 g/mol. The summed E-state index contributed by atoms with van der Waals surface area (Å²) in [7, 11) is 1.06. The molecule has 0 saturated heterocycles. The monoisotopic (exact) mass is 250 g/mol. The molecule has 0 aliphatic carbocycles. The number of methoxy groups -OCH3 is 1. The highest BCUT2D eigenvalue weighted by atomic mass is 79.9. The zero-order valence-electron chi connectivity index (χ0n) is 6.61. The van der Waals surface area contributed by atoms with Crippen LogP contribution in [-0.4, -0.2) is 13.1 Å². The Morgan fingerprint density at radius 1 is 1.46 bits per heavy atom. The molecule has 0 aromatic heterocycles. The van der Waals surface area contributed by atoms with Crippen molar-refractivity contribution in [3.05, 3.63) is 33.8 Å². The first-order chi connectivity index (χ1) is 6.07. The molecule has 5 heteroatoms. The van der Waals surface area contributed by atoms with E-state index in [1.165, 1.54) is 6.07 Å². The predicted octanol–water partition coefficient (Wildman–Crippen LogP) is 2.51. The summed E-state index contributed by atoms with van der Waals surface area (Å²) in [4.78, 5) is 10.9. The summed E-state index contributed by atoms with van der Waals surface area (Å²) in [6.07, 6.45) is 0. The standard InChI is InChI=1S/C8H5BrF2O2/c1-13-8(12)6-5(10)3-2-4(9)7(6)11/h2-3H,1H3. The molecule has 0 fully saturated rings. The van der Waals surface area contributed by atoms with Crippen LogP contribution in [-0.2, 0) is 4.74 Å². The SMILES string of the molecule is COC(=O)c1c(F)ccc(Br)c1F. The van der Waals surface area contributed by atoms with Crippen molar-refractivity contribution in [1.29, 1.82) is 0 Å². The molecule has 0 amide bonds. The minimum Gasteiger partial charge on any atom is -0.465 e. The van der Waals surface area contributed by atoms with Gasteiger partial charge in [-0.15, -0.1) is 0 Å². The Labute approximate surface area is 81.6 Å². The van der Waals surface area contributed by atoms with Crippen LogP contribution in [0.3, 0.4) is 0 Å². The quantitative estimate of drug-likeness (QED) is 0.566. The van der Waals surface area contributed by atoms with Gasteiger partial charge < -0.3 is 4.74 Å². The van der Waals surface area contributed by atoms with Crippen molar-refractivity contribution in [3.63, 3.8) is 0 Å². The van der Waals surface area contributed by atoms with Crippen molar-refractivity contribution in [3.8, 4) is 0 Å². The molecule has 0 atom stereocenters. The molecule has 2 nitrogen and oxygen atoms in total. The number of halogens is 3. The van der Waals surface area contributed by atoms with E-state index in [2.05, 4.69) is 20.7 Å². The molecule has 70 valence electrons. The number of hydrogen-bond acceptors (Lipinski definition) is 2. The summed E-state index contributed by atoms with van der Waals surface area (Å²) in [6, 6.07) is 2.16. The van der Waals surface area contributed by atoms with E-state index in [4.69, 9.17) is 0 Å². The third-order valence-corrected chi connectivity index (χ3v) is 2.05. The van der Waals surface area contributed by atoms with Crippen LogP contribution in [0.5, 0.6) is 0 Å². The molecule has 0 bridgehead atoms. The van der Waals surface area contributed by atoms with E-state index in [-0.39, 0.29) is 4.47 Å². The Kier molecular flexibility index (Phi) is 2.98. The maximum atomic E-state index is 13.1. The first-order valence-corrected chi connectivity index (χ1v) is 4.09. The Bertz CT molecular complexity index is 352. The molecule has 1 aromatic carbocycles. The number of hydrogen-bond donors (Lipinski definition) is 0. The minimum atomic E-state index is -1.03. The van der Waals surface area contributed by atoms with Gasteiger partial charge in [0, 0.05) is 0 Å². The molecule has 0 heterocycles. The summed E-state index contributed by atoms with van der Waals surface area (Å²) >= 11 is 2.83. The fraction of sp³-hybridized carbons (Fsp3) is 0.125. The van der Waals surface area contributed by atoms with Crippen molar-refractivity contribution in [2.45, 2.75) is 0 Å². The maximum absolute atomic E-state index is 13.1. The summed E-state index contributed by atoms with van der Waals surface area (Å²) in [6.45, 7) is 0. The Morgan fingerprint density at radius 3 is 2.62 bits per heavy atom. The van der Waals surface area contributed by atoms with Gasteiger partial charge in [0.25, 0.3) is 0 Å². The van der Waals surface area contributed by atoms with Crippen molar-refractivity contribution in [2.24, 2.45) is 0 Å². The topological polar surface area (TPSA) is 26.3 Å². The number of benzene rings is 1. The molecule has 0 N–H and O–H groups in total. The van der Waals surface area contributed by atoms with Crippen LogP contribution in [0.15, 0.2) is 16.6 Å². The van der Waals surface area contributed by atoms with Crippen LogP contribution in [0.2, 0.25) is 0 Å². The lowest BCUT2D eigenvalue weighted by atomic mass is 10.2. The van der Waals surface area contributed by atoms with Crippen molar-refractivity contribution in [2.75, 3.05) is 7.11 Å². The molecule has 1 aromatic rings. The minimum absolute atomic E-state index is 0.0225. The van der Waals surface area contributed by atoms with E-state index >= 15 is 0 Å². The molecule has 0 aliphatic rings. The van der Waals surface area contributed by atoms with Crippen molar-refractivity contribution < 1.29 is 18.3 Å². The summed E-state index contributed by atoms with van der Waals surface area (Å²) in [5.41, 5.74) is -0.683. The van der Waals surface area contributed by atoms with Crippen molar-refractivity contribution in [1.82, 2.24) is 0 Å². The highest BCUT2D eigenvalue weighted by molar-refractivity contribution is 9.10. The highest BCUT2D eigenvalue weighted by Crippen LogP contribution is 2.21. The van der Waals surface area contributed by atoms with Crippen LogP contribution in [0.25, 0.3) is 0 Å². The fourth-order valence-corrected chi connectivity index (χ4v) is 1.15. The maximum Gasteiger partial charge on any atom is 0.343 e. The smallest absolute Gasteiger partial charge is 0.343 e.